The second-order valence-corrected chi connectivity index (χ2v) is 7.56. The number of benzene rings is 1. The molecule has 7 heteroatoms. The topological polar surface area (TPSA) is 75.9 Å². The third-order valence-electron chi connectivity index (χ3n) is 3.63. The number of amides is 1. The molecule has 0 unspecified atom stereocenters. The highest BCUT2D eigenvalue weighted by molar-refractivity contribution is 5.94. The van der Waals surface area contributed by atoms with Crippen LogP contribution in [-0.2, 0) is 9.53 Å². The van der Waals surface area contributed by atoms with Crippen molar-refractivity contribution < 1.29 is 18.8 Å². The van der Waals surface area contributed by atoms with E-state index in [1.54, 1.807) is 26.8 Å². The van der Waals surface area contributed by atoms with Gasteiger partial charge in [-0.2, -0.15) is 0 Å². The lowest BCUT2D eigenvalue weighted by Crippen LogP contribution is -2.41. The van der Waals surface area contributed by atoms with E-state index in [1.807, 2.05) is 49.3 Å². The highest BCUT2D eigenvalue weighted by Crippen LogP contribution is 2.19. The molecule has 0 saturated carbocycles. The number of ether oxygens (including phenoxy) is 1. The third kappa shape index (κ3) is 6.53. The highest BCUT2D eigenvalue weighted by atomic mass is 16.6. The third-order valence-corrected chi connectivity index (χ3v) is 3.63. The molecule has 0 saturated heterocycles. The quantitative estimate of drug-likeness (QED) is 0.695. The van der Waals surface area contributed by atoms with E-state index in [9.17, 15) is 9.59 Å². The molecule has 1 amide bonds. The molecule has 0 radical (unpaired) electrons. The smallest absolute Gasteiger partial charge is 0.326 e. The Morgan fingerprint density at radius 1 is 1.11 bits per heavy atom. The molecular weight excluding hydrogens is 346 g/mol. The maximum Gasteiger partial charge on any atom is 0.326 e. The highest BCUT2D eigenvalue weighted by Gasteiger charge is 2.25. The predicted octanol–water partition coefficient (Wildman–Crippen LogP) is 2.69. The first kappa shape index (κ1) is 20.6. The Bertz CT molecular complexity index is 763. The van der Waals surface area contributed by atoms with Crippen LogP contribution in [0.1, 0.15) is 31.3 Å². The van der Waals surface area contributed by atoms with Crippen LogP contribution in [0.2, 0.25) is 0 Å². The lowest BCUT2D eigenvalue weighted by atomic mass is 10.1. The number of hydrogen-bond acceptors (Lipinski definition) is 6. The number of carbonyl (C=O) groups is 2. The van der Waals surface area contributed by atoms with E-state index >= 15 is 0 Å². The number of nitrogens with zero attached hydrogens (tertiary/aromatic N) is 3. The second-order valence-electron chi connectivity index (χ2n) is 7.56. The molecule has 0 N–H and O–H groups in total. The molecule has 0 fully saturated rings. The largest absolute Gasteiger partial charge is 0.459 e. The maximum absolute atomic E-state index is 12.9. The van der Waals surface area contributed by atoms with E-state index in [0.29, 0.717) is 18.8 Å². The molecule has 1 aromatic carbocycles. The summed E-state index contributed by atoms with van der Waals surface area (Å²) in [4.78, 5) is 28.4. The zero-order valence-corrected chi connectivity index (χ0v) is 16.6. The molecule has 0 atom stereocenters. The fourth-order valence-electron chi connectivity index (χ4n) is 2.38. The lowest BCUT2D eigenvalue weighted by molar-refractivity contribution is -0.155. The van der Waals surface area contributed by atoms with Gasteiger partial charge in [-0.05, 0) is 34.9 Å². The molecule has 0 aliphatic carbocycles. The Labute approximate surface area is 159 Å². The Morgan fingerprint density at radius 3 is 2.37 bits per heavy atom. The first-order chi connectivity index (χ1) is 12.7. The van der Waals surface area contributed by atoms with Crippen molar-refractivity contribution in [3.05, 3.63) is 42.2 Å². The lowest BCUT2D eigenvalue weighted by Gasteiger charge is -2.25. The standard InChI is InChI=1S/C20H27N3O4/c1-20(2,3)26-18(24)14-23(12-11-22(4)5)19(25)17-13-16(21-27-17)15-9-7-6-8-10-15/h6-10,13H,11-12,14H2,1-5H3. The molecule has 146 valence electrons. The summed E-state index contributed by atoms with van der Waals surface area (Å²) >= 11 is 0. The maximum atomic E-state index is 12.9. The van der Waals surface area contributed by atoms with E-state index in [4.69, 9.17) is 9.26 Å². The van der Waals surface area contributed by atoms with Crippen molar-refractivity contribution >= 4 is 11.9 Å². The number of esters is 1. The summed E-state index contributed by atoms with van der Waals surface area (Å²) in [6.07, 6.45) is 0. The van der Waals surface area contributed by atoms with Gasteiger partial charge in [0.1, 0.15) is 17.8 Å². The van der Waals surface area contributed by atoms with Crippen LogP contribution in [0.3, 0.4) is 0 Å². The van der Waals surface area contributed by atoms with Gasteiger partial charge in [-0.25, -0.2) is 0 Å². The van der Waals surface area contributed by atoms with Crippen LogP contribution in [-0.4, -0.2) is 66.2 Å². The zero-order valence-electron chi connectivity index (χ0n) is 16.6. The van der Waals surface area contributed by atoms with Crippen LogP contribution in [0, 0.1) is 0 Å². The summed E-state index contributed by atoms with van der Waals surface area (Å²) in [6, 6.07) is 11.0. The Kier molecular flexibility index (Phi) is 6.74. The van der Waals surface area contributed by atoms with Crippen molar-refractivity contribution in [2.24, 2.45) is 0 Å². The Hall–Kier alpha value is -2.67. The fourth-order valence-corrected chi connectivity index (χ4v) is 2.38. The summed E-state index contributed by atoms with van der Waals surface area (Å²) in [7, 11) is 3.80. The normalized spacial score (nSPS) is 11.5. The molecule has 1 aromatic heterocycles. The zero-order chi connectivity index (χ0) is 20.0. The summed E-state index contributed by atoms with van der Waals surface area (Å²) in [5, 5.41) is 3.97. The molecule has 0 bridgehead atoms. The number of rotatable bonds is 7. The minimum absolute atomic E-state index is 0.0937. The van der Waals surface area contributed by atoms with E-state index in [2.05, 4.69) is 5.16 Å². The first-order valence-electron chi connectivity index (χ1n) is 8.84. The van der Waals surface area contributed by atoms with Crippen molar-refractivity contribution in [1.82, 2.24) is 15.0 Å². The average molecular weight is 373 g/mol. The van der Waals surface area contributed by atoms with Gasteiger partial charge >= 0.3 is 5.97 Å². The van der Waals surface area contributed by atoms with E-state index < -0.39 is 17.5 Å². The minimum Gasteiger partial charge on any atom is -0.459 e. The predicted molar refractivity (Wildman–Crippen MR) is 102 cm³/mol. The number of aromatic nitrogens is 1. The van der Waals surface area contributed by atoms with Crippen molar-refractivity contribution in [3.8, 4) is 11.3 Å². The molecule has 27 heavy (non-hydrogen) atoms. The first-order valence-corrected chi connectivity index (χ1v) is 8.84. The second kappa shape index (κ2) is 8.81. The summed E-state index contributed by atoms with van der Waals surface area (Å²) in [5.74, 6) is -0.758. The molecule has 2 rings (SSSR count). The van der Waals surface area contributed by atoms with Crippen LogP contribution >= 0.6 is 0 Å². The summed E-state index contributed by atoms with van der Waals surface area (Å²) in [5.41, 5.74) is 0.816. The monoisotopic (exact) mass is 373 g/mol. The number of carbonyl (C=O) groups excluding carboxylic acids is 2. The summed E-state index contributed by atoms with van der Waals surface area (Å²) in [6.45, 7) is 6.20. The van der Waals surface area contributed by atoms with Crippen LogP contribution < -0.4 is 0 Å². The Balaban J connectivity index is 2.15. The molecule has 2 aromatic rings. The summed E-state index contributed by atoms with van der Waals surface area (Å²) < 4.78 is 10.6. The minimum atomic E-state index is -0.611. The van der Waals surface area contributed by atoms with Gasteiger partial charge < -0.3 is 19.1 Å². The van der Waals surface area contributed by atoms with Gasteiger partial charge in [0.15, 0.2) is 0 Å². The van der Waals surface area contributed by atoms with Gasteiger partial charge in [-0.3, -0.25) is 9.59 Å². The van der Waals surface area contributed by atoms with Crippen LogP contribution in [0.4, 0.5) is 0 Å². The Morgan fingerprint density at radius 2 is 1.78 bits per heavy atom. The van der Waals surface area contributed by atoms with Gasteiger partial charge in [0.2, 0.25) is 5.76 Å². The van der Waals surface area contributed by atoms with Crippen LogP contribution in [0.5, 0.6) is 0 Å². The van der Waals surface area contributed by atoms with Crippen molar-refractivity contribution in [2.45, 2.75) is 26.4 Å². The SMILES string of the molecule is CN(C)CCN(CC(=O)OC(C)(C)C)C(=O)c1cc(-c2ccccc2)no1. The number of hydrogen-bond donors (Lipinski definition) is 0. The van der Waals surface area contributed by atoms with Crippen molar-refractivity contribution in [1.29, 1.82) is 0 Å². The van der Waals surface area contributed by atoms with Crippen LogP contribution in [0.25, 0.3) is 11.3 Å². The molecule has 0 spiro atoms. The molecule has 1 heterocycles. The van der Waals surface area contributed by atoms with Gasteiger partial charge in [-0.1, -0.05) is 35.5 Å². The number of likely N-dealkylation sites (N-methyl/N-ethyl adjacent to an activating group) is 1. The van der Waals surface area contributed by atoms with Gasteiger partial charge in [-0.15, -0.1) is 0 Å². The van der Waals surface area contributed by atoms with Crippen LogP contribution in [0.15, 0.2) is 40.9 Å². The van der Waals surface area contributed by atoms with Crippen molar-refractivity contribution in [3.63, 3.8) is 0 Å². The fraction of sp³-hybridized carbons (Fsp3) is 0.450. The van der Waals surface area contributed by atoms with Gasteiger partial charge in [0.05, 0.1) is 0 Å². The van der Waals surface area contributed by atoms with Gasteiger partial charge in [0, 0.05) is 24.7 Å². The van der Waals surface area contributed by atoms with E-state index in [-0.39, 0.29) is 12.3 Å². The molecular formula is C20H27N3O4. The molecule has 7 nitrogen and oxygen atoms in total. The molecule has 0 aliphatic rings. The van der Waals surface area contributed by atoms with E-state index in [1.165, 1.54) is 4.90 Å². The van der Waals surface area contributed by atoms with Crippen molar-refractivity contribution in [2.75, 3.05) is 33.7 Å². The average Bonchev–Trinajstić information content (AvgIpc) is 3.07. The molecule has 0 aliphatic heterocycles. The van der Waals surface area contributed by atoms with Gasteiger partial charge in [0.25, 0.3) is 5.91 Å². The van der Waals surface area contributed by atoms with E-state index in [0.717, 1.165) is 5.56 Å².